The number of benzene rings is 2. The molecule has 0 aliphatic rings. The van der Waals surface area contributed by atoms with Crippen molar-refractivity contribution >= 4 is 28.9 Å². The van der Waals surface area contributed by atoms with Gasteiger partial charge in [0.1, 0.15) is 5.75 Å². The number of para-hydroxylation sites is 1. The number of carbonyl (C=O) groups excluding carboxylic acids is 2. The molecule has 0 spiro atoms. The molecule has 1 atom stereocenters. The Morgan fingerprint density at radius 1 is 0.917 bits per heavy atom. The average Bonchev–Trinajstić information content (AvgIpc) is 2.56. The van der Waals surface area contributed by atoms with Crippen molar-refractivity contribution in [3.05, 3.63) is 54.6 Å². The number of rotatable bonds is 6. The second kappa shape index (κ2) is 7.92. The molecular weight excluding hydrogens is 306 g/mol. The first-order valence-corrected chi connectivity index (χ1v) is 7.37. The topological polar surface area (TPSA) is 91.3 Å². The molecular formula is C18H19N3O3. The van der Waals surface area contributed by atoms with Crippen molar-refractivity contribution < 1.29 is 14.3 Å². The van der Waals surface area contributed by atoms with Crippen molar-refractivity contribution in [2.75, 3.05) is 17.7 Å². The lowest BCUT2D eigenvalue weighted by molar-refractivity contribution is -0.126. The van der Waals surface area contributed by atoms with Crippen LogP contribution in [0, 0.1) is 11.3 Å². The van der Waals surface area contributed by atoms with E-state index in [1.54, 1.807) is 55.6 Å². The van der Waals surface area contributed by atoms with Crippen LogP contribution in [0.2, 0.25) is 0 Å². The maximum absolute atomic E-state index is 12.4. The first-order chi connectivity index (χ1) is 11.5. The summed E-state index contributed by atoms with van der Waals surface area (Å²) in [7, 11) is 1.55. The van der Waals surface area contributed by atoms with Crippen LogP contribution in [0.1, 0.15) is 6.92 Å². The molecule has 0 radical (unpaired) electrons. The van der Waals surface area contributed by atoms with E-state index in [0.717, 1.165) is 0 Å². The second-order valence-electron chi connectivity index (χ2n) is 5.19. The van der Waals surface area contributed by atoms with Crippen LogP contribution in [0.25, 0.3) is 0 Å². The Kier molecular flexibility index (Phi) is 5.68. The predicted molar refractivity (Wildman–Crippen MR) is 93.6 cm³/mol. The van der Waals surface area contributed by atoms with Gasteiger partial charge in [0.15, 0.2) is 5.92 Å². The first kappa shape index (κ1) is 17.2. The lowest BCUT2D eigenvalue weighted by Gasteiger charge is -2.16. The van der Waals surface area contributed by atoms with Gasteiger partial charge in [0.05, 0.1) is 7.11 Å². The van der Waals surface area contributed by atoms with Crippen molar-refractivity contribution in [1.82, 2.24) is 0 Å². The fourth-order valence-electron chi connectivity index (χ4n) is 2.14. The summed E-state index contributed by atoms with van der Waals surface area (Å²) in [6.45, 7) is 1.43. The van der Waals surface area contributed by atoms with Gasteiger partial charge in [-0.15, -0.1) is 0 Å². The minimum absolute atomic E-state index is 0.0329. The van der Waals surface area contributed by atoms with Crippen LogP contribution in [0.5, 0.6) is 5.75 Å². The quantitative estimate of drug-likeness (QED) is 0.563. The highest BCUT2D eigenvalue weighted by Crippen LogP contribution is 2.17. The molecule has 2 aromatic rings. The van der Waals surface area contributed by atoms with Gasteiger partial charge in [0.2, 0.25) is 11.8 Å². The Hall–Kier alpha value is -3.15. The number of hydrogen-bond donors (Lipinski definition) is 3. The average molecular weight is 325 g/mol. The maximum Gasteiger partial charge on any atom is 0.242 e. The van der Waals surface area contributed by atoms with Crippen LogP contribution in [0.4, 0.5) is 11.4 Å². The molecule has 0 fully saturated rings. The van der Waals surface area contributed by atoms with Crippen molar-refractivity contribution in [3.63, 3.8) is 0 Å². The summed E-state index contributed by atoms with van der Waals surface area (Å²) in [5, 5.41) is 13.1. The number of anilines is 2. The molecule has 0 saturated heterocycles. The standard InChI is InChI=1S/C18H19N3O3/c1-12(19)16(17(22)20-13-6-4-3-5-7-13)18(23)21-14-8-10-15(24-2)11-9-14/h3-11,16,19H,1-2H3,(H,20,22)(H,21,23). The fourth-order valence-corrected chi connectivity index (χ4v) is 2.14. The van der Waals surface area contributed by atoms with Crippen LogP contribution in [-0.4, -0.2) is 24.6 Å². The summed E-state index contributed by atoms with van der Waals surface area (Å²) in [6, 6.07) is 15.6. The molecule has 0 heterocycles. The van der Waals surface area contributed by atoms with E-state index in [-0.39, 0.29) is 5.71 Å². The maximum atomic E-state index is 12.4. The molecule has 124 valence electrons. The van der Waals surface area contributed by atoms with E-state index in [0.29, 0.717) is 17.1 Å². The molecule has 6 heteroatoms. The summed E-state index contributed by atoms with van der Waals surface area (Å²) < 4.78 is 5.05. The van der Waals surface area contributed by atoms with Gasteiger partial charge in [0, 0.05) is 17.1 Å². The minimum Gasteiger partial charge on any atom is -0.497 e. The molecule has 6 nitrogen and oxygen atoms in total. The third-order valence-electron chi connectivity index (χ3n) is 3.36. The van der Waals surface area contributed by atoms with Gasteiger partial charge in [-0.05, 0) is 43.3 Å². The molecule has 0 aliphatic carbocycles. The summed E-state index contributed by atoms with van der Waals surface area (Å²) in [4.78, 5) is 24.7. The van der Waals surface area contributed by atoms with Gasteiger partial charge in [-0.1, -0.05) is 18.2 Å². The number of carbonyl (C=O) groups is 2. The summed E-state index contributed by atoms with van der Waals surface area (Å²) >= 11 is 0. The lowest BCUT2D eigenvalue weighted by Crippen LogP contribution is -2.38. The highest BCUT2D eigenvalue weighted by Gasteiger charge is 2.29. The van der Waals surface area contributed by atoms with E-state index < -0.39 is 17.7 Å². The first-order valence-electron chi connectivity index (χ1n) is 7.37. The predicted octanol–water partition coefficient (Wildman–Crippen LogP) is 2.93. The van der Waals surface area contributed by atoms with Crippen LogP contribution in [0.15, 0.2) is 54.6 Å². The molecule has 0 saturated carbocycles. The third kappa shape index (κ3) is 4.42. The zero-order chi connectivity index (χ0) is 17.5. The molecule has 0 aromatic heterocycles. The summed E-state index contributed by atoms with van der Waals surface area (Å²) in [5.74, 6) is -1.64. The number of ether oxygens (including phenoxy) is 1. The molecule has 2 amide bonds. The molecule has 24 heavy (non-hydrogen) atoms. The lowest BCUT2D eigenvalue weighted by atomic mass is 10.0. The fraction of sp³-hybridized carbons (Fsp3) is 0.167. The van der Waals surface area contributed by atoms with Crippen LogP contribution >= 0.6 is 0 Å². The summed E-state index contributed by atoms with van der Waals surface area (Å²) in [6.07, 6.45) is 0. The van der Waals surface area contributed by atoms with Gasteiger partial charge in [-0.25, -0.2) is 0 Å². The monoisotopic (exact) mass is 325 g/mol. The van der Waals surface area contributed by atoms with Crippen LogP contribution < -0.4 is 15.4 Å². The van der Waals surface area contributed by atoms with Crippen LogP contribution in [0.3, 0.4) is 0 Å². The zero-order valence-electron chi connectivity index (χ0n) is 13.5. The normalized spacial score (nSPS) is 11.2. The molecule has 3 N–H and O–H groups in total. The molecule has 2 aromatic carbocycles. The van der Waals surface area contributed by atoms with E-state index >= 15 is 0 Å². The van der Waals surface area contributed by atoms with Crippen molar-refractivity contribution in [1.29, 1.82) is 5.41 Å². The minimum atomic E-state index is -1.20. The second-order valence-corrected chi connectivity index (χ2v) is 5.19. The molecule has 1 unspecified atom stereocenters. The van der Waals surface area contributed by atoms with Gasteiger partial charge in [0.25, 0.3) is 0 Å². The number of hydrogen-bond acceptors (Lipinski definition) is 4. The highest BCUT2D eigenvalue weighted by atomic mass is 16.5. The van der Waals surface area contributed by atoms with Crippen molar-refractivity contribution in [3.8, 4) is 5.75 Å². The van der Waals surface area contributed by atoms with E-state index in [1.165, 1.54) is 6.92 Å². The van der Waals surface area contributed by atoms with Gasteiger partial charge < -0.3 is 20.8 Å². The number of methoxy groups -OCH3 is 1. The Bertz CT molecular complexity index is 727. The highest BCUT2D eigenvalue weighted by molar-refractivity contribution is 6.24. The van der Waals surface area contributed by atoms with Gasteiger partial charge in [-0.2, -0.15) is 0 Å². The molecule has 0 aliphatic heterocycles. The van der Waals surface area contributed by atoms with E-state index in [2.05, 4.69) is 10.6 Å². The molecule has 2 rings (SSSR count). The third-order valence-corrected chi connectivity index (χ3v) is 3.36. The Labute approximate surface area is 140 Å². The Morgan fingerprint density at radius 2 is 1.42 bits per heavy atom. The van der Waals surface area contributed by atoms with Crippen molar-refractivity contribution in [2.45, 2.75) is 6.92 Å². The van der Waals surface area contributed by atoms with E-state index in [1.807, 2.05) is 6.07 Å². The van der Waals surface area contributed by atoms with Crippen LogP contribution in [-0.2, 0) is 9.59 Å². The summed E-state index contributed by atoms with van der Waals surface area (Å²) in [5.41, 5.74) is 1.07. The van der Waals surface area contributed by atoms with Crippen molar-refractivity contribution in [2.24, 2.45) is 5.92 Å². The zero-order valence-corrected chi connectivity index (χ0v) is 13.5. The van der Waals surface area contributed by atoms with Gasteiger partial charge >= 0.3 is 0 Å². The SMILES string of the molecule is COc1ccc(NC(=O)C(C(C)=N)C(=O)Nc2ccccc2)cc1. The van der Waals surface area contributed by atoms with E-state index in [4.69, 9.17) is 10.1 Å². The number of amides is 2. The van der Waals surface area contributed by atoms with E-state index in [9.17, 15) is 9.59 Å². The number of nitrogens with one attached hydrogen (secondary N) is 3. The Balaban J connectivity index is 2.09. The van der Waals surface area contributed by atoms with Gasteiger partial charge in [-0.3, -0.25) is 9.59 Å². The smallest absolute Gasteiger partial charge is 0.242 e. The Morgan fingerprint density at radius 3 is 1.88 bits per heavy atom. The largest absolute Gasteiger partial charge is 0.497 e. The molecule has 0 bridgehead atoms.